The Bertz CT molecular complexity index is 1040. The SMILES string of the molecule is CCc1ccc(NC(=O)/C(C#N)=C/c2ccc3cc(OC)ccc3c2)cc1. The van der Waals surface area contributed by atoms with Gasteiger partial charge in [0.05, 0.1) is 7.11 Å². The van der Waals surface area contributed by atoms with E-state index in [1.807, 2.05) is 66.7 Å². The van der Waals surface area contributed by atoms with Crippen molar-refractivity contribution < 1.29 is 9.53 Å². The Balaban J connectivity index is 1.83. The topological polar surface area (TPSA) is 62.1 Å². The molecule has 1 amide bonds. The monoisotopic (exact) mass is 356 g/mol. The number of hydrogen-bond acceptors (Lipinski definition) is 3. The molecular formula is C23H20N2O2. The van der Waals surface area contributed by atoms with Crippen molar-refractivity contribution in [1.29, 1.82) is 5.26 Å². The molecule has 0 radical (unpaired) electrons. The zero-order valence-corrected chi connectivity index (χ0v) is 15.3. The van der Waals surface area contributed by atoms with Gasteiger partial charge in [0, 0.05) is 5.69 Å². The van der Waals surface area contributed by atoms with E-state index in [0.717, 1.165) is 28.5 Å². The maximum atomic E-state index is 12.4. The Hall–Kier alpha value is -3.58. The van der Waals surface area contributed by atoms with Crippen molar-refractivity contribution in [2.45, 2.75) is 13.3 Å². The molecule has 0 spiro atoms. The molecule has 3 aromatic rings. The van der Waals surface area contributed by atoms with Crippen molar-refractivity contribution in [3.63, 3.8) is 0 Å². The van der Waals surface area contributed by atoms with Crippen LogP contribution < -0.4 is 10.1 Å². The molecule has 0 unspecified atom stereocenters. The molecule has 0 bridgehead atoms. The summed E-state index contributed by atoms with van der Waals surface area (Å²) in [6.07, 6.45) is 2.53. The van der Waals surface area contributed by atoms with Gasteiger partial charge in [0.1, 0.15) is 17.4 Å². The number of fused-ring (bicyclic) bond motifs is 1. The summed E-state index contributed by atoms with van der Waals surface area (Å²) in [6.45, 7) is 2.07. The first-order valence-electron chi connectivity index (χ1n) is 8.73. The third-order valence-electron chi connectivity index (χ3n) is 4.37. The first-order valence-corrected chi connectivity index (χ1v) is 8.73. The van der Waals surface area contributed by atoms with E-state index in [1.165, 1.54) is 5.56 Å². The van der Waals surface area contributed by atoms with Crippen LogP contribution in [0.2, 0.25) is 0 Å². The van der Waals surface area contributed by atoms with Crippen molar-refractivity contribution in [1.82, 2.24) is 0 Å². The van der Waals surface area contributed by atoms with Crippen LogP contribution in [0.15, 0.2) is 66.2 Å². The summed E-state index contributed by atoms with van der Waals surface area (Å²) in [6, 6.07) is 21.1. The number of rotatable bonds is 5. The molecule has 1 N–H and O–H groups in total. The molecule has 0 heterocycles. The van der Waals surface area contributed by atoms with Crippen LogP contribution >= 0.6 is 0 Å². The average molecular weight is 356 g/mol. The molecule has 0 aliphatic carbocycles. The minimum Gasteiger partial charge on any atom is -0.497 e. The fourth-order valence-electron chi connectivity index (χ4n) is 2.80. The number of ether oxygens (including phenoxy) is 1. The van der Waals surface area contributed by atoms with Crippen molar-refractivity contribution in [2.24, 2.45) is 0 Å². The second kappa shape index (κ2) is 8.20. The van der Waals surface area contributed by atoms with Gasteiger partial charge >= 0.3 is 0 Å². The van der Waals surface area contributed by atoms with Gasteiger partial charge in [0.15, 0.2) is 0 Å². The van der Waals surface area contributed by atoms with Crippen LogP contribution in [0.1, 0.15) is 18.1 Å². The number of aryl methyl sites for hydroxylation is 1. The molecule has 3 rings (SSSR count). The Morgan fingerprint density at radius 3 is 2.44 bits per heavy atom. The van der Waals surface area contributed by atoms with Crippen molar-refractivity contribution in [2.75, 3.05) is 12.4 Å². The second-order valence-electron chi connectivity index (χ2n) is 6.15. The van der Waals surface area contributed by atoms with Crippen LogP contribution in [0.25, 0.3) is 16.8 Å². The number of anilines is 1. The maximum absolute atomic E-state index is 12.4. The van der Waals surface area contributed by atoms with Gasteiger partial charge in [-0.3, -0.25) is 4.79 Å². The number of nitriles is 1. The molecule has 134 valence electrons. The highest BCUT2D eigenvalue weighted by Crippen LogP contribution is 2.23. The third-order valence-corrected chi connectivity index (χ3v) is 4.37. The van der Waals surface area contributed by atoms with Crippen LogP contribution in [0.5, 0.6) is 5.75 Å². The summed E-state index contributed by atoms with van der Waals surface area (Å²) in [5.74, 6) is 0.369. The van der Waals surface area contributed by atoms with Gasteiger partial charge < -0.3 is 10.1 Å². The zero-order chi connectivity index (χ0) is 19.2. The second-order valence-corrected chi connectivity index (χ2v) is 6.15. The van der Waals surface area contributed by atoms with E-state index in [0.29, 0.717) is 5.69 Å². The molecule has 0 aromatic heterocycles. The van der Waals surface area contributed by atoms with Crippen LogP contribution in [0.4, 0.5) is 5.69 Å². The number of carbonyl (C=O) groups is 1. The Kier molecular flexibility index (Phi) is 5.53. The third kappa shape index (κ3) is 4.34. The molecule has 0 aliphatic rings. The lowest BCUT2D eigenvalue weighted by molar-refractivity contribution is -0.112. The number of amides is 1. The summed E-state index contributed by atoms with van der Waals surface area (Å²) < 4.78 is 5.23. The molecule has 3 aromatic carbocycles. The molecule has 0 aliphatic heterocycles. The summed E-state index contributed by atoms with van der Waals surface area (Å²) in [4.78, 5) is 12.4. The predicted molar refractivity (Wildman–Crippen MR) is 109 cm³/mol. The number of hydrogen-bond donors (Lipinski definition) is 1. The predicted octanol–water partition coefficient (Wildman–Crippen LogP) is 4.96. The van der Waals surface area contributed by atoms with Crippen LogP contribution in [-0.2, 0) is 11.2 Å². The van der Waals surface area contributed by atoms with Crippen molar-refractivity contribution >= 4 is 28.4 Å². The number of nitrogens with one attached hydrogen (secondary N) is 1. The number of benzene rings is 3. The molecule has 0 atom stereocenters. The maximum Gasteiger partial charge on any atom is 0.266 e. The summed E-state index contributed by atoms with van der Waals surface area (Å²) in [7, 11) is 1.63. The Labute approximate surface area is 158 Å². The summed E-state index contributed by atoms with van der Waals surface area (Å²) in [5, 5.41) is 14.2. The molecule has 4 nitrogen and oxygen atoms in total. The molecule has 27 heavy (non-hydrogen) atoms. The highest BCUT2D eigenvalue weighted by molar-refractivity contribution is 6.09. The van der Waals surface area contributed by atoms with Crippen LogP contribution in [0.3, 0.4) is 0 Å². The highest BCUT2D eigenvalue weighted by atomic mass is 16.5. The fraction of sp³-hybridized carbons (Fsp3) is 0.130. The standard InChI is InChI=1S/C23H20N2O2/c1-3-16-5-9-21(10-6-16)25-23(26)20(15-24)13-17-4-7-19-14-22(27-2)11-8-18(19)12-17/h4-14H,3H2,1-2H3,(H,25,26)/b20-13+. The van der Waals surface area contributed by atoms with E-state index >= 15 is 0 Å². The number of nitrogens with zero attached hydrogens (tertiary/aromatic N) is 1. The number of methoxy groups -OCH3 is 1. The van der Waals surface area contributed by atoms with E-state index in [4.69, 9.17) is 4.74 Å². The lowest BCUT2D eigenvalue weighted by Gasteiger charge is -2.06. The molecule has 0 fully saturated rings. The van der Waals surface area contributed by atoms with Crippen LogP contribution in [0, 0.1) is 11.3 Å². The molecule has 0 saturated heterocycles. The largest absolute Gasteiger partial charge is 0.497 e. The fourth-order valence-corrected chi connectivity index (χ4v) is 2.80. The van der Waals surface area contributed by atoms with Crippen LogP contribution in [-0.4, -0.2) is 13.0 Å². The molecule has 4 heteroatoms. The van der Waals surface area contributed by atoms with E-state index in [9.17, 15) is 10.1 Å². The minimum absolute atomic E-state index is 0.0578. The van der Waals surface area contributed by atoms with Gasteiger partial charge in [0.2, 0.25) is 0 Å². The van der Waals surface area contributed by atoms with Gasteiger partial charge in [-0.1, -0.05) is 37.3 Å². The van der Waals surface area contributed by atoms with Gasteiger partial charge in [-0.2, -0.15) is 5.26 Å². The summed E-state index contributed by atoms with van der Waals surface area (Å²) in [5.41, 5.74) is 2.71. The average Bonchev–Trinajstić information content (AvgIpc) is 2.71. The van der Waals surface area contributed by atoms with Crippen molar-refractivity contribution in [3.05, 3.63) is 77.4 Å². The first-order chi connectivity index (χ1) is 13.1. The Morgan fingerprint density at radius 1 is 1.07 bits per heavy atom. The molecule has 0 saturated carbocycles. The first kappa shape index (κ1) is 18.2. The Morgan fingerprint density at radius 2 is 1.78 bits per heavy atom. The highest BCUT2D eigenvalue weighted by Gasteiger charge is 2.10. The smallest absolute Gasteiger partial charge is 0.266 e. The normalized spacial score (nSPS) is 11.1. The van der Waals surface area contributed by atoms with Gasteiger partial charge in [-0.25, -0.2) is 0 Å². The van der Waals surface area contributed by atoms with E-state index in [-0.39, 0.29) is 5.57 Å². The molecular weight excluding hydrogens is 336 g/mol. The number of carbonyl (C=O) groups excluding carboxylic acids is 1. The van der Waals surface area contributed by atoms with Gasteiger partial charge in [0.25, 0.3) is 5.91 Å². The summed E-state index contributed by atoms with van der Waals surface area (Å²) >= 11 is 0. The lowest BCUT2D eigenvalue weighted by atomic mass is 10.0. The minimum atomic E-state index is -0.420. The van der Waals surface area contributed by atoms with Gasteiger partial charge in [-0.05, 0) is 64.7 Å². The zero-order valence-electron chi connectivity index (χ0n) is 15.3. The van der Waals surface area contributed by atoms with E-state index < -0.39 is 5.91 Å². The van der Waals surface area contributed by atoms with Crippen molar-refractivity contribution in [3.8, 4) is 11.8 Å². The lowest BCUT2D eigenvalue weighted by Crippen LogP contribution is -2.13. The quantitative estimate of drug-likeness (QED) is 0.519. The van der Waals surface area contributed by atoms with Gasteiger partial charge in [-0.15, -0.1) is 0 Å². The van der Waals surface area contributed by atoms with E-state index in [2.05, 4.69) is 12.2 Å². The van der Waals surface area contributed by atoms with E-state index in [1.54, 1.807) is 13.2 Å².